The van der Waals surface area contributed by atoms with Crippen molar-refractivity contribution in [3.8, 4) is 0 Å². The molecular formula is C17H25ClN2O. The minimum atomic E-state index is -0.242. The molecule has 1 aliphatic heterocycles. The van der Waals surface area contributed by atoms with Gasteiger partial charge in [-0.15, -0.1) is 0 Å². The van der Waals surface area contributed by atoms with E-state index in [9.17, 15) is 4.79 Å². The fraction of sp³-hybridized carbons (Fsp3) is 0.588. The molecule has 1 fully saturated rings. The normalized spacial score (nSPS) is 23.6. The minimum Gasteiger partial charge on any atom is -0.338 e. The Morgan fingerprint density at radius 3 is 2.62 bits per heavy atom. The molecule has 2 unspecified atom stereocenters. The summed E-state index contributed by atoms with van der Waals surface area (Å²) in [5.41, 5.74) is 0.874. The number of carbonyl (C=O) groups is 1. The van der Waals surface area contributed by atoms with Crippen LogP contribution < -0.4 is 5.32 Å². The molecule has 0 bridgehead atoms. The van der Waals surface area contributed by atoms with Crippen molar-refractivity contribution < 1.29 is 4.79 Å². The van der Waals surface area contributed by atoms with E-state index in [-0.39, 0.29) is 17.4 Å². The van der Waals surface area contributed by atoms with Crippen LogP contribution in [0.15, 0.2) is 24.3 Å². The Kier molecular flexibility index (Phi) is 5.28. The van der Waals surface area contributed by atoms with Crippen LogP contribution in [0.2, 0.25) is 5.02 Å². The van der Waals surface area contributed by atoms with Gasteiger partial charge < -0.3 is 10.2 Å². The second-order valence-corrected chi connectivity index (χ2v) is 6.49. The molecule has 3 nitrogen and oxygen atoms in total. The zero-order chi connectivity index (χ0) is 15.5. The number of nitrogens with zero attached hydrogens (tertiary/aromatic N) is 1. The molecule has 0 aliphatic carbocycles. The van der Waals surface area contributed by atoms with Gasteiger partial charge in [-0.2, -0.15) is 0 Å². The summed E-state index contributed by atoms with van der Waals surface area (Å²) in [6.45, 7) is 6.00. The van der Waals surface area contributed by atoms with Crippen molar-refractivity contribution in [3.63, 3.8) is 0 Å². The summed E-state index contributed by atoms with van der Waals surface area (Å²) in [6.07, 6.45) is 2.94. The first-order valence-corrected chi connectivity index (χ1v) is 8.11. The standard InChI is InChI=1S/C17H25ClN2O/c1-4-17(10-5-11-19-12-17)16(21)20(3)13(2)14-6-8-15(18)9-7-14/h6-9,13,19H,4-5,10-12H2,1-3H3. The summed E-state index contributed by atoms with van der Waals surface area (Å²) in [6, 6.07) is 7.80. The zero-order valence-electron chi connectivity index (χ0n) is 13.2. The van der Waals surface area contributed by atoms with E-state index in [0.29, 0.717) is 0 Å². The van der Waals surface area contributed by atoms with Crippen molar-refractivity contribution in [3.05, 3.63) is 34.9 Å². The Balaban J connectivity index is 2.15. The number of halogens is 1. The fourth-order valence-corrected chi connectivity index (χ4v) is 3.24. The lowest BCUT2D eigenvalue weighted by atomic mass is 9.77. The van der Waals surface area contributed by atoms with Crippen LogP contribution >= 0.6 is 11.6 Å². The molecule has 116 valence electrons. The summed E-state index contributed by atoms with van der Waals surface area (Å²) in [5, 5.41) is 4.11. The van der Waals surface area contributed by atoms with Crippen LogP contribution in [0.1, 0.15) is 44.7 Å². The van der Waals surface area contributed by atoms with Gasteiger partial charge in [0.15, 0.2) is 0 Å². The third-order valence-electron chi connectivity index (χ3n) is 4.86. The highest BCUT2D eigenvalue weighted by Crippen LogP contribution is 2.34. The molecule has 1 aliphatic rings. The zero-order valence-corrected chi connectivity index (χ0v) is 13.9. The predicted octanol–water partition coefficient (Wildman–Crippen LogP) is 3.64. The first-order valence-electron chi connectivity index (χ1n) is 7.73. The Hall–Kier alpha value is -1.06. The Morgan fingerprint density at radius 2 is 2.10 bits per heavy atom. The number of hydrogen-bond donors (Lipinski definition) is 1. The molecule has 1 heterocycles. The summed E-state index contributed by atoms with van der Waals surface area (Å²) in [4.78, 5) is 14.9. The van der Waals surface area contributed by atoms with Crippen LogP contribution in [0.4, 0.5) is 0 Å². The summed E-state index contributed by atoms with van der Waals surface area (Å²) < 4.78 is 0. The lowest BCUT2D eigenvalue weighted by molar-refractivity contribution is -0.144. The van der Waals surface area contributed by atoms with Gasteiger partial charge in [0.05, 0.1) is 11.5 Å². The van der Waals surface area contributed by atoms with Crippen molar-refractivity contribution in [1.29, 1.82) is 0 Å². The van der Waals surface area contributed by atoms with E-state index in [2.05, 4.69) is 19.2 Å². The van der Waals surface area contributed by atoms with Crippen molar-refractivity contribution in [2.24, 2.45) is 5.41 Å². The molecule has 2 rings (SSSR count). The molecule has 1 aromatic carbocycles. The Morgan fingerprint density at radius 1 is 1.43 bits per heavy atom. The predicted molar refractivity (Wildman–Crippen MR) is 87.5 cm³/mol. The SMILES string of the molecule is CCC1(C(=O)N(C)C(C)c2ccc(Cl)cc2)CCCNC1. The van der Waals surface area contributed by atoms with E-state index < -0.39 is 0 Å². The monoisotopic (exact) mass is 308 g/mol. The van der Waals surface area contributed by atoms with Gasteiger partial charge >= 0.3 is 0 Å². The lowest BCUT2D eigenvalue weighted by Gasteiger charge is -2.40. The first kappa shape index (κ1) is 16.3. The van der Waals surface area contributed by atoms with Crippen LogP contribution in [-0.4, -0.2) is 30.9 Å². The van der Waals surface area contributed by atoms with Crippen LogP contribution in [0.3, 0.4) is 0 Å². The van der Waals surface area contributed by atoms with Crippen LogP contribution in [-0.2, 0) is 4.79 Å². The van der Waals surface area contributed by atoms with Gasteiger partial charge in [0, 0.05) is 18.6 Å². The van der Waals surface area contributed by atoms with E-state index in [1.807, 2.05) is 36.2 Å². The maximum absolute atomic E-state index is 13.0. The second-order valence-electron chi connectivity index (χ2n) is 6.06. The third-order valence-corrected chi connectivity index (χ3v) is 5.11. The van der Waals surface area contributed by atoms with Gasteiger partial charge in [0.25, 0.3) is 0 Å². The topological polar surface area (TPSA) is 32.3 Å². The van der Waals surface area contributed by atoms with Gasteiger partial charge in [-0.1, -0.05) is 30.7 Å². The molecule has 21 heavy (non-hydrogen) atoms. The van der Waals surface area contributed by atoms with Crippen LogP contribution in [0.25, 0.3) is 0 Å². The molecule has 1 N–H and O–H groups in total. The number of piperidine rings is 1. The molecule has 1 saturated heterocycles. The molecule has 0 radical (unpaired) electrons. The number of hydrogen-bond acceptors (Lipinski definition) is 2. The third kappa shape index (κ3) is 3.41. The van der Waals surface area contributed by atoms with Crippen LogP contribution in [0, 0.1) is 5.41 Å². The van der Waals surface area contributed by atoms with Crippen molar-refractivity contribution in [2.75, 3.05) is 20.1 Å². The Bertz CT molecular complexity index is 480. The molecular weight excluding hydrogens is 284 g/mol. The average molecular weight is 309 g/mol. The summed E-state index contributed by atoms with van der Waals surface area (Å²) >= 11 is 5.94. The maximum atomic E-state index is 13.0. The van der Waals surface area contributed by atoms with Crippen molar-refractivity contribution in [2.45, 2.75) is 39.2 Å². The highest BCUT2D eigenvalue weighted by molar-refractivity contribution is 6.30. The van der Waals surface area contributed by atoms with Crippen molar-refractivity contribution >= 4 is 17.5 Å². The van der Waals surface area contributed by atoms with E-state index >= 15 is 0 Å². The van der Waals surface area contributed by atoms with Crippen LogP contribution in [0.5, 0.6) is 0 Å². The maximum Gasteiger partial charge on any atom is 0.230 e. The molecule has 0 spiro atoms. The van der Waals surface area contributed by atoms with Gasteiger partial charge in [-0.3, -0.25) is 4.79 Å². The van der Waals surface area contributed by atoms with E-state index in [0.717, 1.165) is 42.9 Å². The number of nitrogens with one attached hydrogen (secondary N) is 1. The van der Waals surface area contributed by atoms with Gasteiger partial charge in [-0.25, -0.2) is 0 Å². The van der Waals surface area contributed by atoms with Gasteiger partial charge in [-0.05, 0) is 50.4 Å². The van der Waals surface area contributed by atoms with Gasteiger partial charge in [0.1, 0.15) is 0 Å². The average Bonchev–Trinajstić information content (AvgIpc) is 2.54. The molecule has 1 amide bonds. The summed E-state index contributed by atoms with van der Waals surface area (Å²) in [7, 11) is 1.91. The quantitative estimate of drug-likeness (QED) is 0.921. The van der Waals surface area contributed by atoms with E-state index in [1.54, 1.807) is 0 Å². The number of benzene rings is 1. The number of carbonyl (C=O) groups excluding carboxylic acids is 1. The number of rotatable bonds is 4. The molecule has 1 aromatic rings. The molecule has 0 saturated carbocycles. The summed E-state index contributed by atoms with van der Waals surface area (Å²) in [5.74, 6) is 0.250. The van der Waals surface area contributed by atoms with Crippen molar-refractivity contribution in [1.82, 2.24) is 10.2 Å². The highest BCUT2D eigenvalue weighted by atomic mass is 35.5. The lowest BCUT2D eigenvalue weighted by Crippen LogP contribution is -2.51. The fourth-order valence-electron chi connectivity index (χ4n) is 3.12. The largest absolute Gasteiger partial charge is 0.338 e. The highest BCUT2D eigenvalue weighted by Gasteiger charge is 2.40. The molecule has 0 aromatic heterocycles. The molecule has 2 atom stereocenters. The minimum absolute atomic E-state index is 0.0557. The smallest absolute Gasteiger partial charge is 0.230 e. The first-order chi connectivity index (χ1) is 10.00. The van der Waals surface area contributed by atoms with E-state index in [4.69, 9.17) is 11.6 Å². The Labute approximate surface area is 132 Å². The number of amides is 1. The van der Waals surface area contributed by atoms with E-state index in [1.165, 1.54) is 0 Å². The molecule has 4 heteroatoms. The van der Waals surface area contributed by atoms with Gasteiger partial charge in [0.2, 0.25) is 5.91 Å². The second kappa shape index (κ2) is 6.80.